The number of aryl methyl sites for hydroxylation is 2. The Kier molecular flexibility index (Phi) is 20.2. The minimum atomic E-state index is 0. The fourth-order valence-corrected chi connectivity index (χ4v) is 3.66. The molecule has 0 unspecified atom stereocenters. The van der Waals surface area contributed by atoms with Gasteiger partial charge in [-0.2, -0.15) is 0 Å². The molecule has 0 saturated heterocycles. The van der Waals surface area contributed by atoms with Gasteiger partial charge in [0.2, 0.25) is 0 Å². The van der Waals surface area contributed by atoms with Crippen LogP contribution in [0.5, 0.6) is 0 Å². The molecule has 0 fully saturated rings. The highest BCUT2D eigenvalue weighted by atomic mass is 79.9. The van der Waals surface area contributed by atoms with Crippen molar-refractivity contribution in [3.05, 3.63) is 29.1 Å². The van der Waals surface area contributed by atoms with Gasteiger partial charge in [0.25, 0.3) is 0 Å². The van der Waals surface area contributed by atoms with Crippen LogP contribution >= 0.6 is 17.0 Å². The molecule has 160 valence electrons. The molecule has 2 nitrogen and oxygen atoms in total. The average molecular weight is 445 g/mol. The second-order valence-corrected chi connectivity index (χ2v) is 8.00. The van der Waals surface area contributed by atoms with E-state index in [1.165, 1.54) is 113 Å². The molecule has 1 aromatic rings. The Balaban J connectivity index is 0. The fourth-order valence-electron chi connectivity index (χ4n) is 3.66. The van der Waals surface area contributed by atoms with Gasteiger partial charge in [0, 0.05) is 25.0 Å². The van der Waals surface area contributed by atoms with Crippen molar-refractivity contribution in [2.24, 2.45) is 0 Å². The van der Waals surface area contributed by atoms with Crippen molar-refractivity contribution in [1.82, 2.24) is 6.15 Å². The zero-order chi connectivity index (χ0) is 18.3. The number of rotatable bonds is 15. The molecule has 0 amide bonds. The second kappa shape index (κ2) is 18.9. The Morgan fingerprint density at radius 1 is 0.667 bits per heavy atom. The molecule has 0 bridgehead atoms. The van der Waals surface area contributed by atoms with Gasteiger partial charge < -0.3 is 6.15 Å². The van der Waals surface area contributed by atoms with Gasteiger partial charge in [-0.25, -0.2) is 4.57 Å². The SMILES string of the molecule is Br.CCCCCCCCCCCCCCCC[n+]1ccc(C)c(C)c1C.N. The Labute approximate surface area is 180 Å². The third kappa shape index (κ3) is 13.4. The van der Waals surface area contributed by atoms with Crippen molar-refractivity contribution in [1.29, 1.82) is 0 Å². The summed E-state index contributed by atoms with van der Waals surface area (Å²) in [6.07, 6.45) is 22.3. The molecule has 0 atom stereocenters. The first kappa shape index (κ1) is 28.8. The lowest BCUT2D eigenvalue weighted by Crippen LogP contribution is -2.37. The number of halogens is 1. The van der Waals surface area contributed by atoms with Crippen LogP contribution in [-0.2, 0) is 6.54 Å². The topological polar surface area (TPSA) is 38.9 Å². The largest absolute Gasteiger partial charge is 0.344 e. The van der Waals surface area contributed by atoms with E-state index in [1.807, 2.05) is 0 Å². The van der Waals surface area contributed by atoms with E-state index in [9.17, 15) is 0 Å². The third-order valence-corrected chi connectivity index (χ3v) is 5.82. The summed E-state index contributed by atoms with van der Waals surface area (Å²) in [5.74, 6) is 0. The summed E-state index contributed by atoms with van der Waals surface area (Å²) in [4.78, 5) is 0. The lowest BCUT2D eigenvalue weighted by atomic mass is 10.0. The molecule has 27 heavy (non-hydrogen) atoms. The fraction of sp³-hybridized carbons (Fsp3) is 0.792. The lowest BCUT2D eigenvalue weighted by molar-refractivity contribution is -0.703. The summed E-state index contributed by atoms with van der Waals surface area (Å²) in [6.45, 7) is 10.2. The van der Waals surface area contributed by atoms with Gasteiger partial charge in [-0.1, -0.05) is 84.0 Å². The average Bonchev–Trinajstić information content (AvgIpc) is 2.61. The summed E-state index contributed by atoms with van der Waals surface area (Å²) in [5, 5.41) is 0. The first-order valence-corrected chi connectivity index (χ1v) is 11.1. The van der Waals surface area contributed by atoms with Gasteiger partial charge in [-0.3, -0.25) is 0 Å². The quantitative estimate of drug-likeness (QED) is 0.215. The zero-order valence-electron chi connectivity index (χ0n) is 18.8. The van der Waals surface area contributed by atoms with Crippen LogP contribution in [0, 0.1) is 20.8 Å². The van der Waals surface area contributed by atoms with Gasteiger partial charge in [-0.15, -0.1) is 17.0 Å². The van der Waals surface area contributed by atoms with Crippen LogP contribution in [0.4, 0.5) is 0 Å². The van der Waals surface area contributed by atoms with E-state index < -0.39 is 0 Å². The summed E-state index contributed by atoms with van der Waals surface area (Å²) in [7, 11) is 0. The minimum Gasteiger partial charge on any atom is -0.344 e. The number of hydrogen-bond donors (Lipinski definition) is 1. The van der Waals surface area contributed by atoms with Crippen molar-refractivity contribution in [3.63, 3.8) is 0 Å². The minimum absolute atomic E-state index is 0. The summed E-state index contributed by atoms with van der Waals surface area (Å²) < 4.78 is 2.43. The van der Waals surface area contributed by atoms with Gasteiger partial charge >= 0.3 is 0 Å². The first-order chi connectivity index (χ1) is 12.2. The van der Waals surface area contributed by atoms with E-state index in [0.717, 1.165) is 0 Å². The molecule has 1 aromatic heterocycles. The standard InChI is InChI=1S/C24H44N.BrH.H3N/c1-5-6-7-8-9-10-11-12-13-14-15-16-17-18-20-25-21-19-22(2)23(3)24(25)4;;/h19,21H,5-18,20H2,1-4H3;1H;1H3/q+1;;. The van der Waals surface area contributed by atoms with Crippen LogP contribution in [0.25, 0.3) is 0 Å². The van der Waals surface area contributed by atoms with E-state index >= 15 is 0 Å². The highest BCUT2D eigenvalue weighted by Gasteiger charge is 2.10. The summed E-state index contributed by atoms with van der Waals surface area (Å²) in [6, 6.07) is 2.26. The van der Waals surface area contributed by atoms with Crippen molar-refractivity contribution in [3.8, 4) is 0 Å². The molecule has 3 heteroatoms. The normalized spacial score (nSPS) is 10.4. The van der Waals surface area contributed by atoms with E-state index in [1.54, 1.807) is 0 Å². The highest BCUT2D eigenvalue weighted by molar-refractivity contribution is 8.93. The Morgan fingerprint density at radius 2 is 1.07 bits per heavy atom. The molecule has 0 aromatic carbocycles. The molecule has 0 radical (unpaired) electrons. The van der Waals surface area contributed by atoms with Gasteiger partial charge in [0.05, 0.1) is 0 Å². The number of unbranched alkanes of at least 4 members (excludes halogenated alkanes) is 13. The van der Waals surface area contributed by atoms with Crippen LogP contribution < -0.4 is 10.7 Å². The van der Waals surface area contributed by atoms with E-state index in [2.05, 4.69) is 44.5 Å². The predicted octanol–water partition coefficient (Wildman–Crippen LogP) is 8.12. The number of aromatic nitrogens is 1. The van der Waals surface area contributed by atoms with Crippen molar-refractivity contribution >= 4 is 17.0 Å². The van der Waals surface area contributed by atoms with Crippen molar-refractivity contribution in [2.45, 2.75) is 124 Å². The summed E-state index contributed by atoms with van der Waals surface area (Å²) in [5.41, 5.74) is 4.30. The monoisotopic (exact) mass is 443 g/mol. The van der Waals surface area contributed by atoms with Crippen LogP contribution in [0.3, 0.4) is 0 Å². The lowest BCUT2D eigenvalue weighted by Gasteiger charge is -2.06. The first-order valence-electron chi connectivity index (χ1n) is 11.1. The van der Waals surface area contributed by atoms with Crippen LogP contribution in [0.2, 0.25) is 0 Å². The molecule has 0 aliphatic rings. The predicted molar refractivity (Wildman–Crippen MR) is 127 cm³/mol. The highest BCUT2D eigenvalue weighted by Crippen LogP contribution is 2.13. The maximum atomic E-state index is 2.43. The number of nitrogens with zero attached hydrogens (tertiary/aromatic N) is 1. The van der Waals surface area contributed by atoms with E-state index in [0.29, 0.717) is 0 Å². The third-order valence-electron chi connectivity index (χ3n) is 5.82. The molecular formula is C24H48BrN2+. The Bertz CT molecular complexity index is 460. The molecule has 0 spiro atoms. The van der Waals surface area contributed by atoms with Gasteiger partial charge in [0.1, 0.15) is 6.54 Å². The van der Waals surface area contributed by atoms with Crippen LogP contribution in [-0.4, -0.2) is 0 Å². The molecular weight excluding hydrogens is 396 g/mol. The maximum Gasteiger partial charge on any atom is 0.181 e. The molecule has 3 N–H and O–H groups in total. The Morgan fingerprint density at radius 3 is 1.52 bits per heavy atom. The number of hydrogen-bond acceptors (Lipinski definition) is 1. The second-order valence-electron chi connectivity index (χ2n) is 8.00. The summed E-state index contributed by atoms with van der Waals surface area (Å²) >= 11 is 0. The number of pyridine rings is 1. The maximum absolute atomic E-state index is 2.43. The molecule has 0 saturated carbocycles. The van der Waals surface area contributed by atoms with E-state index in [4.69, 9.17) is 0 Å². The van der Waals surface area contributed by atoms with Crippen LogP contribution in [0.15, 0.2) is 12.3 Å². The Hall–Kier alpha value is -0.410. The molecule has 1 heterocycles. The molecule has 1 rings (SSSR count). The van der Waals surface area contributed by atoms with Gasteiger partial charge in [-0.05, 0) is 25.8 Å². The molecule has 0 aliphatic carbocycles. The smallest absolute Gasteiger partial charge is 0.181 e. The zero-order valence-corrected chi connectivity index (χ0v) is 20.5. The van der Waals surface area contributed by atoms with Gasteiger partial charge in [0.15, 0.2) is 11.9 Å². The van der Waals surface area contributed by atoms with Crippen molar-refractivity contribution < 1.29 is 4.57 Å². The molecule has 0 aliphatic heterocycles. The van der Waals surface area contributed by atoms with E-state index in [-0.39, 0.29) is 23.1 Å². The van der Waals surface area contributed by atoms with Crippen LogP contribution in [0.1, 0.15) is 114 Å². The van der Waals surface area contributed by atoms with Crippen molar-refractivity contribution in [2.75, 3.05) is 0 Å².